The molecule has 2 rings (SSSR count). The third-order valence-electron chi connectivity index (χ3n) is 2.68. The SMILES string of the molecule is Cc1nsc(NC(=O)[C@@H](N)CCc2ccccc2)n1. The fourth-order valence-electron chi connectivity index (χ4n) is 1.64. The molecule has 1 atom stereocenters. The number of benzene rings is 1. The molecule has 0 radical (unpaired) electrons. The van der Waals surface area contributed by atoms with Crippen LogP contribution in [0.15, 0.2) is 30.3 Å². The van der Waals surface area contributed by atoms with E-state index in [0.717, 1.165) is 18.0 Å². The van der Waals surface area contributed by atoms with Gasteiger partial charge in [0.05, 0.1) is 6.04 Å². The summed E-state index contributed by atoms with van der Waals surface area (Å²) in [6, 6.07) is 9.44. The Hall–Kier alpha value is -1.79. The number of carbonyl (C=O) groups is 1. The predicted molar refractivity (Wildman–Crippen MR) is 76.0 cm³/mol. The lowest BCUT2D eigenvalue weighted by Gasteiger charge is -2.10. The van der Waals surface area contributed by atoms with E-state index in [-0.39, 0.29) is 5.91 Å². The highest BCUT2D eigenvalue weighted by Gasteiger charge is 2.15. The number of hydrogen-bond donors (Lipinski definition) is 2. The van der Waals surface area contributed by atoms with Gasteiger partial charge in [-0.2, -0.15) is 4.37 Å². The fourth-order valence-corrected chi connectivity index (χ4v) is 2.22. The molecule has 0 aliphatic rings. The molecule has 0 unspecified atom stereocenters. The predicted octanol–water partition coefficient (Wildman–Crippen LogP) is 1.75. The Kier molecular flexibility index (Phi) is 4.59. The number of nitrogens with one attached hydrogen (secondary N) is 1. The molecule has 2 aromatic rings. The second kappa shape index (κ2) is 6.40. The van der Waals surface area contributed by atoms with Gasteiger partial charge in [0.2, 0.25) is 11.0 Å². The van der Waals surface area contributed by atoms with Crippen molar-refractivity contribution in [1.82, 2.24) is 9.36 Å². The minimum absolute atomic E-state index is 0.216. The monoisotopic (exact) mass is 276 g/mol. The van der Waals surface area contributed by atoms with Crippen molar-refractivity contribution in [2.75, 3.05) is 5.32 Å². The Morgan fingerprint density at radius 2 is 2.16 bits per heavy atom. The molecule has 0 saturated heterocycles. The summed E-state index contributed by atoms with van der Waals surface area (Å²) in [7, 11) is 0. The van der Waals surface area contributed by atoms with Gasteiger partial charge in [-0.1, -0.05) is 30.3 Å². The van der Waals surface area contributed by atoms with Crippen molar-refractivity contribution in [1.29, 1.82) is 0 Å². The summed E-state index contributed by atoms with van der Waals surface area (Å²) in [5, 5.41) is 3.18. The van der Waals surface area contributed by atoms with Crippen LogP contribution in [0.25, 0.3) is 0 Å². The smallest absolute Gasteiger partial charge is 0.243 e. The minimum Gasteiger partial charge on any atom is -0.320 e. The lowest BCUT2D eigenvalue weighted by Crippen LogP contribution is -2.36. The highest BCUT2D eigenvalue weighted by molar-refractivity contribution is 7.09. The number of aromatic nitrogens is 2. The van der Waals surface area contributed by atoms with E-state index < -0.39 is 6.04 Å². The molecule has 0 aliphatic carbocycles. The molecular formula is C13H16N4OS. The fraction of sp³-hybridized carbons (Fsp3) is 0.308. The summed E-state index contributed by atoms with van der Waals surface area (Å²) in [5.74, 6) is 0.435. The normalized spacial score (nSPS) is 12.1. The average Bonchev–Trinajstić information content (AvgIpc) is 2.82. The van der Waals surface area contributed by atoms with Gasteiger partial charge in [-0.15, -0.1) is 0 Å². The van der Waals surface area contributed by atoms with Gasteiger partial charge in [-0.3, -0.25) is 10.1 Å². The van der Waals surface area contributed by atoms with Gasteiger partial charge in [-0.25, -0.2) is 4.98 Å². The van der Waals surface area contributed by atoms with Crippen LogP contribution in [0.2, 0.25) is 0 Å². The maximum absolute atomic E-state index is 11.8. The summed E-state index contributed by atoms with van der Waals surface area (Å²) in [4.78, 5) is 15.9. The highest BCUT2D eigenvalue weighted by Crippen LogP contribution is 2.11. The Morgan fingerprint density at radius 3 is 2.79 bits per heavy atom. The minimum atomic E-state index is -0.538. The molecule has 3 N–H and O–H groups in total. The maximum Gasteiger partial charge on any atom is 0.243 e. The van der Waals surface area contributed by atoms with E-state index in [2.05, 4.69) is 14.7 Å². The first-order valence-corrected chi connectivity index (χ1v) is 6.83. The lowest BCUT2D eigenvalue weighted by atomic mass is 10.1. The first kappa shape index (κ1) is 13.6. The molecule has 0 bridgehead atoms. The van der Waals surface area contributed by atoms with Crippen LogP contribution < -0.4 is 11.1 Å². The molecule has 0 aliphatic heterocycles. The molecule has 1 amide bonds. The number of nitrogens with zero attached hydrogens (tertiary/aromatic N) is 2. The van der Waals surface area contributed by atoms with E-state index in [0.29, 0.717) is 17.4 Å². The maximum atomic E-state index is 11.8. The molecular weight excluding hydrogens is 260 g/mol. The molecule has 0 fully saturated rings. The topological polar surface area (TPSA) is 80.9 Å². The molecule has 1 aromatic carbocycles. The standard InChI is InChI=1S/C13H16N4OS/c1-9-15-13(19-17-9)16-12(18)11(14)8-7-10-5-3-2-4-6-10/h2-6,11H,7-8,14H2,1H3,(H,15,16,17,18)/t11-/m0/s1. The highest BCUT2D eigenvalue weighted by atomic mass is 32.1. The summed E-state index contributed by atoms with van der Waals surface area (Å²) >= 11 is 1.16. The number of amides is 1. The van der Waals surface area contributed by atoms with Gasteiger partial charge in [-0.05, 0) is 25.3 Å². The molecule has 19 heavy (non-hydrogen) atoms. The van der Waals surface area contributed by atoms with Crippen molar-refractivity contribution in [3.63, 3.8) is 0 Å². The van der Waals surface area contributed by atoms with Crippen LogP contribution in [0.3, 0.4) is 0 Å². The zero-order chi connectivity index (χ0) is 13.7. The quantitative estimate of drug-likeness (QED) is 0.871. The zero-order valence-corrected chi connectivity index (χ0v) is 11.5. The van der Waals surface area contributed by atoms with Crippen LogP contribution in [-0.2, 0) is 11.2 Å². The summed E-state index contributed by atoms with van der Waals surface area (Å²) in [6.45, 7) is 1.78. The van der Waals surface area contributed by atoms with Gasteiger partial charge < -0.3 is 5.73 Å². The third kappa shape index (κ3) is 4.11. The van der Waals surface area contributed by atoms with E-state index in [1.54, 1.807) is 6.92 Å². The van der Waals surface area contributed by atoms with Gasteiger partial charge >= 0.3 is 0 Å². The van der Waals surface area contributed by atoms with E-state index in [1.807, 2.05) is 30.3 Å². The Bertz CT molecular complexity index is 541. The van der Waals surface area contributed by atoms with Crippen LogP contribution in [0.1, 0.15) is 17.8 Å². The van der Waals surface area contributed by atoms with E-state index in [1.165, 1.54) is 5.56 Å². The molecule has 1 aromatic heterocycles. The first-order chi connectivity index (χ1) is 9.15. The first-order valence-electron chi connectivity index (χ1n) is 6.06. The van der Waals surface area contributed by atoms with Crippen molar-refractivity contribution in [3.05, 3.63) is 41.7 Å². The van der Waals surface area contributed by atoms with Crippen molar-refractivity contribution >= 4 is 22.6 Å². The van der Waals surface area contributed by atoms with Gasteiger partial charge in [0.25, 0.3) is 0 Å². The van der Waals surface area contributed by atoms with E-state index in [4.69, 9.17) is 5.73 Å². The number of nitrogens with two attached hydrogens (primary N) is 1. The molecule has 1 heterocycles. The number of aryl methyl sites for hydroxylation is 2. The summed E-state index contributed by atoms with van der Waals surface area (Å²) in [6.07, 6.45) is 1.39. The Balaban J connectivity index is 1.82. The second-order valence-corrected chi connectivity index (χ2v) is 5.02. The number of rotatable bonds is 5. The van der Waals surface area contributed by atoms with Crippen molar-refractivity contribution in [2.45, 2.75) is 25.8 Å². The average molecular weight is 276 g/mol. The Morgan fingerprint density at radius 1 is 1.42 bits per heavy atom. The van der Waals surface area contributed by atoms with E-state index >= 15 is 0 Å². The molecule has 0 saturated carbocycles. The zero-order valence-electron chi connectivity index (χ0n) is 10.7. The van der Waals surface area contributed by atoms with E-state index in [9.17, 15) is 4.79 Å². The summed E-state index contributed by atoms with van der Waals surface area (Å²) in [5.41, 5.74) is 7.04. The van der Waals surface area contributed by atoms with Crippen LogP contribution in [0.5, 0.6) is 0 Å². The second-order valence-electron chi connectivity index (χ2n) is 4.27. The van der Waals surface area contributed by atoms with Crippen molar-refractivity contribution in [3.8, 4) is 0 Å². The largest absolute Gasteiger partial charge is 0.320 e. The lowest BCUT2D eigenvalue weighted by molar-refractivity contribution is -0.117. The number of anilines is 1. The van der Waals surface area contributed by atoms with Crippen LogP contribution in [0, 0.1) is 6.92 Å². The Labute approximate surface area is 116 Å². The molecule has 100 valence electrons. The molecule has 5 nitrogen and oxygen atoms in total. The summed E-state index contributed by atoms with van der Waals surface area (Å²) < 4.78 is 4.00. The van der Waals surface area contributed by atoms with Crippen LogP contribution in [0.4, 0.5) is 5.13 Å². The third-order valence-corrected chi connectivity index (χ3v) is 3.40. The van der Waals surface area contributed by atoms with Crippen LogP contribution in [-0.4, -0.2) is 21.3 Å². The molecule has 0 spiro atoms. The number of hydrogen-bond acceptors (Lipinski definition) is 5. The van der Waals surface area contributed by atoms with Gasteiger partial charge in [0.15, 0.2) is 0 Å². The van der Waals surface area contributed by atoms with Crippen molar-refractivity contribution < 1.29 is 4.79 Å². The van der Waals surface area contributed by atoms with Gasteiger partial charge in [0, 0.05) is 11.5 Å². The van der Waals surface area contributed by atoms with Crippen LogP contribution >= 0.6 is 11.5 Å². The molecule has 6 heteroatoms. The number of carbonyl (C=O) groups excluding carboxylic acids is 1. The van der Waals surface area contributed by atoms with Gasteiger partial charge in [0.1, 0.15) is 5.82 Å². The van der Waals surface area contributed by atoms with Crippen molar-refractivity contribution in [2.24, 2.45) is 5.73 Å².